The monoisotopic (exact) mass is 409 g/mol. The molecule has 29 heavy (non-hydrogen) atoms. The zero-order valence-corrected chi connectivity index (χ0v) is 17.9. The molecule has 150 valence electrons. The van der Waals surface area contributed by atoms with Gasteiger partial charge >= 0.3 is 6.03 Å². The zero-order valence-electron chi connectivity index (χ0n) is 17.1. The van der Waals surface area contributed by atoms with Gasteiger partial charge in [-0.15, -0.1) is 0 Å². The molecule has 1 aliphatic heterocycles. The molecule has 0 bridgehead atoms. The van der Waals surface area contributed by atoms with Crippen LogP contribution >= 0.6 is 0 Å². The third-order valence-electron chi connectivity index (χ3n) is 5.29. The molecule has 2 aromatic carbocycles. The number of nitrogens with zero attached hydrogens (tertiary/aromatic N) is 3. The molecule has 3 rings (SSSR count). The third kappa shape index (κ3) is 3.64. The summed E-state index contributed by atoms with van der Waals surface area (Å²) in [6.07, 6.45) is 1.11. The second-order valence-electron chi connectivity index (χ2n) is 7.38. The second kappa shape index (κ2) is 7.37. The van der Waals surface area contributed by atoms with Crippen molar-refractivity contribution in [3.8, 4) is 6.07 Å². The molecule has 0 aliphatic carbocycles. The Bertz CT molecular complexity index is 1180. The van der Waals surface area contributed by atoms with Gasteiger partial charge in [0.05, 0.1) is 28.3 Å². The molecule has 0 saturated heterocycles. The summed E-state index contributed by atoms with van der Waals surface area (Å²) in [4.78, 5) is 16.5. The van der Waals surface area contributed by atoms with Crippen molar-refractivity contribution >= 4 is 21.6 Å². The normalized spacial score (nSPS) is 17.5. The van der Waals surface area contributed by atoms with Crippen LogP contribution in [0.4, 0.5) is 10.5 Å². The fourth-order valence-corrected chi connectivity index (χ4v) is 4.69. The van der Waals surface area contributed by atoms with E-state index in [4.69, 9.17) is 0 Å². The minimum atomic E-state index is -3.59. The minimum Gasteiger partial charge on any atom is -0.316 e. The quantitative estimate of drug-likeness (QED) is 0.762. The summed E-state index contributed by atoms with van der Waals surface area (Å²) < 4.78 is 24.8. The number of aryl methyl sites for hydroxylation is 1. The molecule has 0 radical (unpaired) electrons. The standard InChI is InChI=1S/C22H23N3O3S/c1-14-7-6-8-18(11-14)25-16(3)15(2)21(24(4)22(25)26)19-10-9-17(13-23)12-20(19)29(5,27)28/h6-12,21H,1-5H3/t21-/m0/s1. The van der Waals surface area contributed by atoms with Gasteiger partial charge in [-0.1, -0.05) is 18.2 Å². The summed E-state index contributed by atoms with van der Waals surface area (Å²) in [7, 11) is -1.93. The van der Waals surface area contributed by atoms with Crippen LogP contribution in [0.5, 0.6) is 0 Å². The van der Waals surface area contributed by atoms with Crippen molar-refractivity contribution in [1.82, 2.24) is 4.90 Å². The average molecular weight is 410 g/mol. The van der Waals surface area contributed by atoms with Gasteiger partial charge in [-0.05, 0) is 61.7 Å². The molecule has 1 atom stereocenters. The molecule has 1 aliphatic rings. The Balaban J connectivity index is 2.21. The molecular weight excluding hydrogens is 386 g/mol. The summed E-state index contributed by atoms with van der Waals surface area (Å²) in [5.41, 5.74) is 4.18. The van der Waals surface area contributed by atoms with Gasteiger partial charge in [-0.2, -0.15) is 5.26 Å². The molecule has 2 aromatic rings. The van der Waals surface area contributed by atoms with Crippen molar-refractivity contribution < 1.29 is 13.2 Å². The molecule has 0 aromatic heterocycles. The van der Waals surface area contributed by atoms with Crippen LogP contribution in [0, 0.1) is 18.3 Å². The van der Waals surface area contributed by atoms with Gasteiger partial charge in [-0.3, -0.25) is 4.90 Å². The maximum Gasteiger partial charge on any atom is 0.329 e. The maximum absolute atomic E-state index is 13.3. The lowest BCUT2D eigenvalue weighted by atomic mass is 9.94. The van der Waals surface area contributed by atoms with E-state index in [0.717, 1.165) is 28.8 Å². The fraction of sp³-hybridized carbons (Fsp3) is 0.273. The first-order chi connectivity index (χ1) is 13.6. The van der Waals surface area contributed by atoms with Crippen molar-refractivity contribution in [2.75, 3.05) is 18.2 Å². The summed E-state index contributed by atoms with van der Waals surface area (Å²) in [6.45, 7) is 5.72. The van der Waals surface area contributed by atoms with Gasteiger partial charge in [-0.25, -0.2) is 13.2 Å². The van der Waals surface area contributed by atoms with Gasteiger partial charge in [0.2, 0.25) is 0 Å². The number of allylic oxidation sites excluding steroid dienone is 1. The van der Waals surface area contributed by atoms with Crippen LogP contribution in [-0.4, -0.2) is 32.7 Å². The summed E-state index contributed by atoms with van der Waals surface area (Å²) in [5.74, 6) is 0. The Kier molecular flexibility index (Phi) is 5.24. The lowest BCUT2D eigenvalue weighted by Crippen LogP contribution is -2.47. The van der Waals surface area contributed by atoms with Crippen molar-refractivity contribution in [3.63, 3.8) is 0 Å². The van der Waals surface area contributed by atoms with Crippen molar-refractivity contribution in [1.29, 1.82) is 5.26 Å². The first-order valence-electron chi connectivity index (χ1n) is 9.11. The molecular formula is C22H23N3O3S. The van der Waals surface area contributed by atoms with E-state index in [-0.39, 0.29) is 16.5 Å². The molecule has 1 heterocycles. The van der Waals surface area contributed by atoms with Gasteiger partial charge in [0.25, 0.3) is 0 Å². The lowest BCUT2D eigenvalue weighted by molar-refractivity contribution is 0.200. The second-order valence-corrected chi connectivity index (χ2v) is 9.36. The van der Waals surface area contributed by atoms with Crippen LogP contribution in [0.2, 0.25) is 0 Å². The average Bonchev–Trinajstić information content (AvgIpc) is 2.66. The van der Waals surface area contributed by atoms with E-state index in [1.54, 1.807) is 29.0 Å². The lowest BCUT2D eigenvalue weighted by Gasteiger charge is -2.41. The number of carbonyl (C=O) groups excluding carboxylic acids is 1. The van der Waals surface area contributed by atoms with Crippen LogP contribution < -0.4 is 4.90 Å². The molecule has 0 unspecified atom stereocenters. The molecule has 0 fully saturated rings. The molecule has 6 nitrogen and oxygen atoms in total. The van der Waals surface area contributed by atoms with E-state index in [2.05, 4.69) is 0 Å². The maximum atomic E-state index is 13.3. The van der Waals surface area contributed by atoms with E-state index in [1.165, 1.54) is 6.07 Å². The van der Waals surface area contributed by atoms with Crippen LogP contribution in [0.15, 0.2) is 58.6 Å². The number of nitriles is 1. The predicted octanol–water partition coefficient (Wildman–Crippen LogP) is 4.18. The molecule has 0 spiro atoms. The number of benzene rings is 2. The fourth-order valence-electron chi connectivity index (χ4n) is 3.74. The van der Waals surface area contributed by atoms with E-state index in [0.29, 0.717) is 5.56 Å². The highest BCUT2D eigenvalue weighted by atomic mass is 32.2. The Hall–Kier alpha value is -3.11. The van der Waals surface area contributed by atoms with Gasteiger partial charge in [0.15, 0.2) is 9.84 Å². The van der Waals surface area contributed by atoms with Gasteiger partial charge < -0.3 is 4.90 Å². The first kappa shape index (κ1) is 20.6. The highest BCUT2D eigenvalue weighted by Crippen LogP contribution is 2.40. The highest BCUT2D eigenvalue weighted by molar-refractivity contribution is 7.90. The highest BCUT2D eigenvalue weighted by Gasteiger charge is 2.37. The van der Waals surface area contributed by atoms with Gasteiger partial charge in [0.1, 0.15) is 0 Å². The van der Waals surface area contributed by atoms with Crippen LogP contribution in [-0.2, 0) is 9.84 Å². The number of anilines is 1. The Labute approximate surface area is 171 Å². The van der Waals surface area contributed by atoms with E-state index in [9.17, 15) is 18.5 Å². The van der Waals surface area contributed by atoms with Crippen molar-refractivity contribution in [3.05, 3.63) is 70.4 Å². The Morgan fingerprint density at radius 2 is 1.76 bits per heavy atom. The summed E-state index contributed by atoms with van der Waals surface area (Å²) in [5, 5.41) is 9.17. The van der Waals surface area contributed by atoms with Crippen molar-refractivity contribution in [2.24, 2.45) is 0 Å². The van der Waals surface area contributed by atoms with E-state index in [1.807, 2.05) is 51.1 Å². The zero-order chi connectivity index (χ0) is 21.5. The van der Waals surface area contributed by atoms with Crippen LogP contribution in [0.25, 0.3) is 0 Å². The number of hydrogen-bond acceptors (Lipinski definition) is 4. The smallest absolute Gasteiger partial charge is 0.316 e. The largest absolute Gasteiger partial charge is 0.329 e. The number of rotatable bonds is 3. The summed E-state index contributed by atoms with van der Waals surface area (Å²) in [6, 6.07) is 13.4. The minimum absolute atomic E-state index is 0.0670. The molecule has 7 heteroatoms. The Morgan fingerprint density at radius 1 is 1.07 bits per heavy atom. The van der Waals surface area contributed by atoms with Crippen LogP contribution in [0.1, 0.15) is 36.6 Å². The number of likely N-dealkylation sites (N-methyl/N-ethyl adjacent to an activating group) is 1. The number of sulfone groups is 1. The summed E-state index contributed by atoms with van der Waals surface area (Å²) >= 11 is 0. The SMILES string of the molecule is CC1=C(C)N(c2cccc(C)c2)C(=O)N(C)[C@@H]1c1ccc(C#N)cc1S(C)(=O)=O. The van der Waals surface area contributed by atoms with E-state index >= 15 is 0 Å². The van der Waals surface area contributed by atoms with Crippen LogP contribution in [0.3, 0.4) is 0 Å². The van der Waals surface area contributed by atoms with Gasteiger partial charge in [0, 0.05) is 19.0 Å². The third-order valence-corrected chi connectivity index (χ3v) is 6.45. The molecule has 0 saturated carbocycles. The first-order valence-corrected chi connectivity index (χ1v) is 11.0. The Morgan fingerprint density at radius 3 is 2.34 bits per heavy atom. The predicted molar refractivity (Wildman–Crippen MR) is 112 cm³/mol. The van der Waals surface area contributed by atoms with E-state index < -0.39 is 15.9 Å². The number of urea groups is 1. The number of amides is 2. The molecule has 0 N–H and O–H groups in total. The molecule has 2 amide bonds. The number of carbonyl (C=O) groups is 1. The number of hydrogen-bond donors (Lipinski definition) is 0. The van der Waals surface area contributed by atoms with Crippen molar-refractivity contribution in [2.45, 2.75) is 31.7 Å². The topological polar surface area (TPSA) is 81.5 Å².